The van der Waals surface area contributed by atoms with Gasteiger partial charge in [-0.2, -0.15) is 10.5 Å². The van der Waals surface area contributed by atoms with E-state index in [1.54, 1.807) is 24.3 Å². The molecule has 2 N–H and O–H groups in total. The van der Waals surface area contributed by atoms with Gasteiger partial charge in [0.25, 0.3) is 0 Å². The highest BCUT2D eigenvalue weighted by atomic mass is 16.5. The molecule has 28 heavy (non-hydrogen) atoms. The van der Waals surface area contributed by atoms with Gasteiger partial charge in [-0.25, -0.2) is 4.98 Å². The van der Waals surface area contributed by atoms with E-state index in [2.05, 4.69) is 16.2 Å². The van der Waals surface area contributed by atoms with Gasteiger partial charge in [-0.05, 0) is 29.8 Å². The first-order valence-electron chi connectivity index (χ1n) is 8.70. The topological polar surface area (TPSA) is 113 Å². The van der Waals surface area contributed by atoms with Crippen molar-refractivity contribution in [2.75, 3.05) is 0 Å². The van der Waals surface area contributed by atoms with Crippen molar-refractivity contribution in [1.29, 1.82) is 10.5 Å². The van der Waals surface area contributed by atoms with E-state index in [0.717, 1.165) is 22.2 Å². The SMILES string of the molecule is N#Cc1ccc2c(-c3ccccc3[C@@H](N)Cc3cccc(C#N)n3)noc2c1. The molecule has 0 saturated heterocycles. The predicted octanol–water partition coefficient (Wildman–Crippen LogP) is 3.88. The molecule has 0 bridgehead atoms. The number of fused-ring (bicyclic) bond motifs is 1. The van der Waals surface area contributed by atoms with E-state index in [4.69, 9.17) is 20.8 Å². The molecule has 2 heterocycles. The van der Waals surface area contributed by atoms with Crippen LogP contribution in [0.25, 0.3) is 22.2 Å². The molecule has 0 spiro atoms. The Hall–Kier alpha value is -4.00. The summed E-state index contributed by atoms with van der Waals surface area (Å²) in [5.41, 5.74) is 11.2. The molecule has 4 rings (SSSR count). The van der Waals surface area contributed by atoms with Gasteiger partial charge in [0.05, 0.1) is 11.6 Å². The third-order valence-corrected chi connectivity index (χ3v) is 4.57. The van der Waals surface area contributed by atoms with Crippen LogP contribution in [0, 0.1) is 22.7 Å². The number of aromatic nitrogens is 2. The third kappa shape index (κ3) is 3.21. The summed E-state index contributed by atoms with van der Waals surface area (Å²) in [7, 11) is 0. The highest BCUT2D eigenvalue weighted by molar-refractivity contribution is 5.93. The minimum absolute atomic E-state index is 0.331. The lowest BCUT2D eigenvalue weighted by atomic mass is 9.94. The van der Waals surface area contributed by atoms with Crippen LogP contribution in [0.1, 0.15) is 28.6 Å². The maximum absolute atomic E-state index is 9.06. The molecule has 0 aliphatic rings. The fraction of sp³-hybridized carbons (Fsp3) is 0.0909. The van der Waals surface area contributed by atoms with Crippen LogP contribution in [0.15, 0.2) is 65.2 Å². The van der Waals surface area contributed by atoms with Crippen molar-refractivity contribution in [3.63, 3.8) is 0 Å². The first-order valence-corrected chi connectivity index (χ1v) is 8.70. The number of hydrogen-bond acceptors (Lipinski definition) is 6. The molecule has 6 heteroatoms. The van der Waals surface area contributed by atoms with Gasteiger partial charge in [0.15, 0.2) is 5.58 Å². The van der Waals surface area contributed by atoms with Gasteiger partial charge < -0.3 is 10.3 Å². The minimum atomic E-state index is -0.331. The molecular weight excluding hydrogens is 350 g/mol. The molecule has 4 aromatic rings. The summed E-state index contributed by atoms with van der Waals surface area (Å²) >= 11 is 0. The van der Waals surface area contributed by atoms with E-state index in [-0.39, 0.29) is 6.04 Å². The summed E-state index contributed by atoms with van der Waals surface area (Å²) in [4.78, 5) is 4.31. The van der Waals surface area contributed by atoms with Gasteiger partial charge in [-0.1, -0.05) is 35.5 Å². The minimum Gasteiger partial charge on any atom is -0.356 e. The number of nitriles is 2. The molecular formula is C22H15N5O. The predicted molar refractivity (Wildman–Crippen MR) is 104 cm³/mol. The molecule has 2 aromatic heterocycles. The second-order valence-corrected chi connectivity index (χ2v) is 6.38. The molecule has 0 fully saturated rings. The van der Waals surface area contributed by atoms with Crippen molar-refractivity contribution in [3.8, 4) is 23.4 Å². The summed E-state index contributed by atoms with van der Waals surface area (Å²) < 4.78 is 5.44. The maximum Gasteiger partial charge on any atom is 0.168 e. The standard InChI is InChI=1S/C22H15N5O/c23-12-14-8-9-19-21(10-14)28-27-22(19)18-7-2-1-6-17(18)20(25)11-15-4-3-5-16(13-24)26-15/h1-10,20H,11,25H2/t20-/m0/s1. The maximum atomic E-state index is 9.06. The van der Waals surface area contributed by atoms with Crippen LogP contribution < -0.4 is 5.73 Å². The smallest absolute Gasteiger partial charge is 0.168 e. The highest BCUT2D eigenvalue weighted by Gasteiger charge is 2.18. The molecule has 0 unspecified atom stereocenters. The Morgan fingerprint density at radius 3 is 2.68 bits per heavy atom. The monoisotopic (exact) mass is 365 g/mol. The van der Waals surface area contributed by atoms with Gasteiger partial charge in [0.1, 0.15) is 17.5 Å². The Kier molecular flexibility index (Phi) is 4.55. The van der Waals surface area contributed by atoms with Crippen molar-refractivity contribution >= 4 is 11.0 Å². The molecule has 6 nitrogen and oxygen atoms in total. The van der Waals surface area contributed by atoms with Gasteiger partial charge in [0.2, 0.25) is 0 Å². The Morgan fingerprint density at radius 1 is 1.00 bits per heavy atom. The summed E-state index contributed by atoms with van der Waals surface area (Å²) in [5, 5.41) is 23.1. The normalized spacial score (nSPS) is 11.7. The van der Waals surface area contributed by atoms with Crippen LogP contribution >= 0.6 is 0 Å². The van der Waals surface area contributed by atoms with Crippen LogP contribution in [-0.2, 0) is 6.42 Å². The van der Waals surface area contributed by atoms with Crippen LogP contribution in [0.3, 0.4) is 0 Å². The molecule has 0 aliphatic carbocycles. The number of hydrogen-bond donors (Lipinski definition) is 1. The molecule has 134 valence electrons. The largest absolute Gasteiger partial charge is 0.356 e. The quantitative estimate of drug-likeness (QED) is 0.587. The second-order valence-electron chi connectivity index (χ2n) is 6.38. The molecule has 0 aliphatic heterocycles. The van der Waals surface area contributed by atoms with Crippen molar-refractivity contribution in [3.05, 3.63) is 83.2 Å². The lowest BCUT2D eigenvalue weighted by Gasteiger charge is -2.15. The summed E-state index contributed by atoms with van der Waals surface area (Å²) in [6, 6.07) is 22.1. The number of pyridine rings is 1. The number of rotatable bonds is 4. The summed E-state index contributed by atoms with van der Waals surface area (Å²) in [6.45, 7) is 0. The van der Waals surface area contributed by atoms with E-state index >= 15 is 0 Å². The average molecular weight is 365 g/mol. The Morgan fingerprint density at radius 2 is 1.86 bits per heavy atom. The lowest BCUT2D eigenvalue weighted by molar-refractivity contribution is 0.459. The van der Waals surface area contributed by atoms with Gasteiger partial charge in [-0.15, -0.1) is 0 Å². The molecule has 2 aromatic carbocycles. The van der Waals surface area contributed by atoms with Crippen molar-refractivity contribution < 1.29 is 4.52 Å². The lowest BCUT2D eigenvalue weighted by Crippen LogP contribution is -2.15. The fourth-order valence-corrected chi connectivity index (χ4v) is 3.23. The number of benzene rings is 2. The second kappa shape index (κ2) is 7.32. The first-order chi connectivity index (χ1) is 13.7. The van der Waals surface area contributed by atoms with Crippen LogP contribution in [0.2, 0.25) is 0 Å². The molecule has 0 saturated carbocycles. The average Bonchev–Trinajstić information content (AvgIpc) is 3.16. The van der Waals surface area contributed by atoms with Crippen LogP contribution in [0.5, 0.6) is 0 Å². The zero-order chi connectivity index (χ0) is 19.5. The van der Waals surface area contributed by atoms with E-state index in [1.165, 1.54) is 0 Å². The van der Waals surface area contributed by atoms with Crippen molar-refractivity contribution in [2.45, 2.75) is 12.5 Å². The number of nitrogens with zero attached hydrogens (tertiary/aromatic N) is 4. The van der Waals surface area contributed by atoms with Gasteiger partial charge in [-0.3, -0.25) is 0 Å². The van der Waals surface area contributed by atoms with E-state index < -0.39 is 0 Å². The Balaban J connectivity index is 1.73. The molecule has 0 amide bonds. The zero-order valence-corrected chi connectivity index (χ0v) is 14.8. The first kappa shape index (κ1) is 17.4. The Labute approximate surface area is 161 Å². The summed E-state index contributed by atoms with van der Waals surface area (Å²) in [5.74, 6) is 0. The van der Waals surface area contributed by atoms with Gasteiger partial charge >= 0.3 is 0 Å². The number of nitrogens with two attached hydrogens (primary N) is 1. The Bertz CT molecular complexity index is 1250. The van der Waals surface area contributed by atoms with Crippen molar-refractivity contribution in [2.24, 2.45) is 5.73 Å². The van der Waals surface area contributed by atoms with Crippen molar-refractivity contribution in [1.82, 2.24) is 10.1 Å². The van der Waals surface area contributed by atoms with E-state index in [0.29, 0.717) is 29.0 Å². The zero-order valence-electron chi connectivity index (χ0n) is 14.8. The third-order valence-electron chi connectivity index (χ3n) is 4.57. The summed E-state index contributed by atoms with van der Waals surface area (Å²) in [6.07, 6.45) is 0.487. The fourth-order valence-electron chi connectivity index (χ4n) is 3.23. The van der Waals surface area contributed by atoms with Crippen LogP contribution in [0.4, 0.5) is 0 Å². The molecule has 0 radical (unpaired) electrons. The molecule has 1 atom stereocenters. The highest BCUT2D eigenvalue weighted by Crippen LogP contribution is 2.33. The van der Waals surface area contributed by atoms with E-state index in [1.807, 2.05) is 42.5 Å². The van der Waals surface area contributed by atoms with E-state index in [9.17, 15) is 0 Å². The van der Waals surface area contributed by atoms with Crippen LogP contribution in [-0.4, -0.2) is 10.1 Å². The van der Waals surface area contributed by atoms with Gasteiger partial charge in [0, 0.05) is 35.2 Å².